The van der Waals surface area contributed by atoms with Gasteiger partial charge in [-0.15, -0.1) is 10.2 Å². The van der Waals surface area contributed by atoms with Gasteiger partial charge in [0.2, 0.25) is 5.13 Å². The molecule has 0 bridgehead atoms. The lowest BCUT2D eigenvalue weighted by atomic mass is 9.96. The average molecular weight is 660 g/mol. The van der Waals surface area contributed by atoms with E-state index in [-0.39, 0.29) is 22.3 Å². The fourth-order valence-corrected chi connectivity index (χ4v) is 7.13. The van der Waals surface area contributed by atoms with Crippen LogP contribution >= 0.6 is 23.1 Å². The quantitative estimate of drug-likeness (QED) is 0.0541. The zero-order valence-corrected chi connectivity index (χ0v) is 26.9. The molecule has 236 valence electrons. The Morgan fingerprint density at radius 1 is 1.04 bits per heavy atom. The minimum Gasteiger partial charge on any atom is -0.505 e. The van der Waals surface area contributed by atoms with Crippen LogP contribution in [0.5, 0.6) is 11.5 Å². The molecule has 2 aromatic carbocycles. The molecule has 5 aromatic rings. The Morgan fingerprint density at radius 3 is 2.63 bits per heavy atom. The number of aromatic nitrogens is 4. The third-order valence-electron chi connectivity index (χ3n) is 7.33. The van der Waals surface area contributed by atoms with Crippen molar-refractivity contribution in [2.75, 3.05) is 18.1 Å². The maximum Gasteiger partial charge on any atom is 0.301 e. The summed E-state index contributed by atoms with van der Waals surface area (Å²) >= 11 is 2.36. The highest BCUT2D eigenvalue weighted by atomic mass is 32.2. The first-order valence-corrected chi connectivity index (χ1v) is 16.5. The Morgan fingerprint density at radius 2 is 1.85 bits per heavy atom. The Kier molecular flexibility index (Phi) is 9.04. The average Bonchev–Trinajstić information content (AvgIpc) is 3.73. The summed E-state index contributed by atoms with van der Waals surface area (Å²) in [5, 5.41) is 20.5. The molecule has 6 rings (SSSR count). The van der Waals surface area contributed by atoms with Gasteiger partial charge in [-0.25, -0.2) is 9.37 Å². The van der Waals surface area contributed by atoms with E-state index < -0.39 is 17.7 Å². The van der Waals surface area contributed by atoms with E-state index in [1.54, 1.807) is 66.1 Å². The van der Waals surface area contributed by atoms with Crippen molar-refractivity contribution in [3.05, 3.63) is 101 Å². The molecule has 13 heteroatoms. The van der Waals surface area contributed by atoms with Crippen molar-refractivity contribution in [3.63, 3.8) is 0 Å². The molecule has 46 heavy (non-hydrogen) atoms. The van der Waals surface area contributed by atoms with E-state index >= 15 is 0 Å². The minimum absolute atomic E-state index is 0.126. The minimum atomic E-state index is -1.08. The normalized spacial score (nSPS) is 16.0. The van der Waals surface area contributed by atoms with Gasteiger partial charge in [-0.3, -0.25) is 18.9 Å². The van der Waals surface area contributed by atoms with Crippen LogP contribution in [-0.4, -0.2) is 49.6 Å². The number of hydrogen-bond acceptors (Lipinski definition) is 10. The molecule has 4 heterocycles. The molecule has 1 saturated heterocycles. The van der Waals surface area contributed by atoms with Gasteiger partial charge in [0.05, 0.1) is 30.5 Å². The molecule has 1 unspecified atom stereocenters. The number of Topliss-reactive ketones (excluding diaryl/α,β-unsaturated/α-hetero) is 1. The molecular weight excluding hydrogens is 630 g/mol. The Bertz CT molecular complexity index is 1970. The predicted octanol–water partition coefficient (Wildman–Crippen LogP) is 6.74. The molecule has 0 saturated carbocycles. The van der Waals surface area contributed by atoms with E-state index in [1.807, 2.05) is 19.9 Å². The van der Waals surface area contributed by atoms with Gasteiger partial charge >= 0.3 is 5.91 Å². The maximum atomic E-state index is 14.2. The number of ketones is 1. The highest BCUT2D eigenvalue weighted by Gasteiger charge is 2.49. The van der Waals surface area contributed by atoms with Crippen LogP contribution in [0.2, 0.25) is 0 Å². The number of amides is 1. The van der Waals surface area contributed by atoms with Crippen molar-refractivity contribution in [2.24, 2.45) is 0 Å². The molecule has 0 spiro atoms. The molecule has 1 N–H and O–H groups in total. The number of fused-ring (bicyclic) bond motifs is 1. The second kappa shape index (κ2) is 13.3. The van der Waals surface area contributed by atoms with Crippen LogP contribution in [0, 0.1) is 12.7 Å². The van der Waals surface area contributed by atoms with Gasteiger partial charge in [-0.05, 0) is 61.7 Å². The van der Waals surface area contributed by atoms with Crippen LogP contribution in [0.3, 0.4) is 0 Å². The number of pyridine rings is 1. The van der Waals surface area contributed by atoms with E-state index in [0.717, 1.165) is 17.8 Å². The van der Waals surface area contributed by atoms with Gasteiger partial charge in [-0.2, -0.15) is 0 Å². The molecule has 1 fully saturated rings. The number of carbonyl (C=O) groups excluding carboxylic acids is 2. The van der Waals surface area contributed by atoms with Crippen LogP contribution in [0.25, 0.3) is 11.4 Å². The van der Waals surface area contributed by atoms with E-state index in [1.165, 1.54) is 22.7 Å². The van der Waals surface area contributed by atoms with Gasteiger partial charge in [0.15, 0.2) is 21.6 Å². The van der Waals surface area contributed by atoms with Gasteiger partial charge in [0.25, 0.3) is 5.78 Å². The standard InChI is InChI=1S/C33H30FN5O5S2/c1-4-16-44-23-14-13-20(17-24(23)43-5-2)28-26(29(40)27-19(3)35-25-12-8-9-15-38(25)27)30(41)31(42)39(28)32-36-37-33(46-32)45-18-21-10-6-7-11-22(21)34/h6-15,17,28,40H,4-5,16,18H2,1-3H3. The number of aliphatic hydroxyl groups excluding tert-OH is 1. The number of carbonyl (C=O) groups is 2. The van der Waals surface area contributed by atoms with Gasteiger partial charge < -0.3 is 14.6 Å². The van der Waals surface area contributed by atoms with Gasteiger partial charge in [0, 0.05) is 11.9 Å². The first kappa shape index (κ1) is 31.2. The molecule has 1 aliphatic rings. The Hall–Kier alpha value is -4.75. The highest BCUT2D eigenvalue weighted by Crippen LogP contribution is 2.46. The van der Waals surface area contributed by atoms with Crippen LogP contribution in [0.1, 0.15) is 48.8 Å². The first-order valence-electron chi connectivity index (χ1n) is 14.7. The van der Waals surface area contributed by atoms with Crippen LogP contribution in [-0.2, 0) is 15.3 Å². The van der Waals surface area contributed by atoms with E-state index in [4.69, 9.17) is 9.47 Å². The Labute approximate surface area is 272 Å². The second-order valence-electron chi connectivity index (χ2n) is 10.4. The molecule has 0 aliphatic carbocycles. The predicted molar refractivity (Wildman–Crippen MR) is 174 cm³/mol. The largest absolute Gasteiger partial charge is 0.505 e. The molecule has 3 aromatic heterocycles. The molecule has 1 amide bonds. The van der Waals surface area contributed by atoms with E-state index in [2.05, 4.69) is 15.2 Å². The summed E-state index contributed by atoms with van der Waals surface area (Å²) in [5.74, 6) is -1.20. The molecule has 10 nitrogen and oxygen atoms in total. The van der Waals surface area contributed by atoms with Crippen molar-refractivity contribution >= 4 is 51.3 Å². The number of halogens is 1. The Balaban J connectivity index is 1.47. The van der Waals surface area contributed by atoms with E-state index in [0.29, 0.717) is 63.0 Å². The highest BCUT2D eigenvalue weighted by molar-refractivity contribution is 8.00. The zero-order valence-electron chi connectivity index (χ0n) is 25.3. The summed E-state index contributed by atoms with van der Waals surface area (Å²) in [5.41, 5.74) is 2.22. The number of anilines is 1. The lowest BCUT2D eigenvalue weighted by Gasteiger charge is -2.23. The lowest BCUT2D eigenvalue weighted by Crippen LogP contribution is -2.29. The van der Waals surface area contributed by atoms with Crippen molar-refractivity contribution in [2.45, 2.75) is 43.3 Å². The monoisotopic (exact) mass is 659 g/mol. The lowest BCUT2D eigenvalue weighted by molar-refractivity contribution is -0.132. The fraction of sp³-hybridized carbons (Fsp3) is 0.242. The number of benzene rings is 2. The van der Waals surface area contributed by atoms with Crippen molar-refractivity contribution < 1.29 is 28.6 Å². The summed E-state index contributed by atoms with van der Waals surface area (Å²) in [6.07, 6.45) is 2.52. The van der Waals surface area contributed by atoms with E-state index in [9.17, 15) is 19.1 Å². The summed E-state index contributed by atoms with van der Waals surface area (Å²) in [7, 11) is 0. The van der Waals surface area contributed by atoms with Crippen molar-refractivity contribution in [3.8, 4) is 11.5 Å². The van der Waals surface area contributed by atoms with Crippen LogP contribution in [0.15, 0.2) is 76.8 Å². The number of thioether (sulfide) groups is 1. The summed E-state index contributed by atoms with van der Waals surface area (Å²) in [6.45, 7) is 6.40. The second-order valence-corrected chi connectivity index (χ2v) is 12.5. The SMILES string of the molecule is CCCOc1ccc(C2C(=C(O)c3c(C)nc4ccccn34)C(=O)C(=O)N2c2nnc(SCc3ccccc3F)s2)cc1OCC. The third kappa shape index (κ3) is 5.83. The maximum absolute atomic E-state index is 14.2. The summed E-state index contributed by atoms with van der Waals surface area (Å²) in [4.78, 5) is 33.4. The fourth-order valence-electron chi connectivity index (χ4n) is 5.28. The molecule has 0 radical (unpaired) electrons. The summed E-state index contributed by atoms with van der Waals surface area (Å²) in [6, 6.07) is 15.9. The first-order chi connectivity index (χ1) is 22.3. The number of ether oxygens (including phenoxy) is 2. The summed E-state index contributed by atoms with van der Waals surface area (Å²) < 4.78 is 28.2. The number of imidazole rings is 1. The number of nitrogens with zero attached hydrogens (tertiary/aromatic N) is 5. The third-order valence-corrected chi connectivity index (χ3v) is 9.43. The van der Waals surface area contributed by atoms with Crippen LogP contribution in [0.4, 0.5) is 9.52 Å². The zero-order chi connectivity index (χ0) is 32.4. The molecule has 1 atom stereocenters. The number of aryl methyl sites for hydroxylation is 1. The molecule has 1 aliphatic heterocycles. The smallest absolute Gasteiger partial charge is 0.301 e. The number of rotatable bonds is 11. The van der Waals surface area contributed by atoms with Gasteiger partial charge in [0.1, 0.15) is 17.2 Å². The van der Waals surface area contributed by atoms with Gasteiger partial charge in [-0.1, -0.05) is 60.4 Å². The number of aliphatic hydroxyl groups is 1. The number of hydrogen-bond donors (Lipinski definition) is 1. The molecular formula is C33H30FN5O5S2. The van der Waals surface area contributed by atoms with Crippen molar-refractivity contribution in [1.82, 2.24) is 19.6 Å². The topological polar surface area (TPSA) is 119 Å². The van der Waals surface area contributed by atoms with Crippen molar-refractivity contribution in [1.29, 1.82) is 0 Å². The van der Waals surface area contributed by atoms with Crippen LogP contribution < -0.4 is 14.4 Å².